The van der Waals surface area contributed by atoms with Gasteiger partial charge in [-0.1, -0.05) is 66.2 Å². The van der Waals surface area contributed by atoms with Crippen molar-refractivity contribution in [1.82, 2.24) is 14.7 Å². The number of benzene rings is 3. The van der Waals surface area contributed by atoms with Crippen LogP contribution >= 0.6 is 0 Å². The number of rotatable bonds is 13. The van der Waals surface area contributed by atoms with Crippen LogP contribution in [0.1, 0.15) is 35.2 Å². The summed E-state index contributed by atoms with van der Waals surface area (Å²) in [6.45, 7) is 7.01. The van der Waals surface area contributed by atoms with E-state index in [1.54, 1.807) is 0 Å². The molecule has 0 spiro atoms. The Labute approximate surface area is 225 Å². The van der Waals surface area contributed by atoms with Gasteiger partial charge in [0.2, 0.25) is 5.88 Å². The van der Waals surface area contributed by atoms with Crippen molar-refractivity contribution in [3.8, 4) is 17.3 Å². The third kappa shape index (κ3) is 7.10. The summed E-state index contributed by atoms with van der Waals surface area (Å²) in [6.07, 6.45) is 1.90. The number of aliphatic hydroxyl groups excluding tert-OH is 1. The van der Waals surface area contributed by atoms with Crippen LogP contribution in [0, 0.1) is 19.8 Å². The Kier molecular flexibility index (Phi) is 8.54. The first kappa shape index (κ1) is 26.2. The van der Waals surface area contributed by atoms with Crippen LogP contribution in [0.4, 0.5) is 0 Å². The third-order valence-electron chi connectivity index (χ3n) is 6.86. The molecule has 38 heavy (non-hydrogen) atoms. The lowest BCUT2D eigenvalue weighted by Crippen LogP contribution is -2.36. The fourth-order valence-corrected chi connectivity index (χ4v) is 4.62. The molecule has 4 aromatic rings. The maximum Gasteiger partial charge on any atom is 0.227 e. The van der Waals surface area contributed by atoms with Gasteiger partial charge in [-0.3, -0.25) is 4.90 Å². The monoisotopic (exact) mass is 511 g/mol. The summed E-state index contributed by atoms with van der Waals surface area (Å²) in [5, 5.41) is 15.8. The van der Waals surface area contributed by atoms with Gasteiger partial charge in [0, 0.05) is 19.6 Å². The van der Waals surface area contributed by atoms with Crippen LogP contribution in [0.5, 0.6) is 11.6 Å². The molecule has 0 radical (unpaired) electrons. The first-order valence-electron chi connectivity index (χ1n) is 13.5. The van der Waals surface area contributed by atoms with Gasteiger partial charge in [-0.2, -0.15) is 5.10 Å². The number of aliphatic hydroxyl groups is 1. The summed E-state index contributed by atoms with van der Waals surface area (Å²) in [6, 6.07) is 28.2. The SMILES string of the molecule is Cc1ccc(Oc2c(CN(CC(O)COCc3ccccc3)CC3CC3)c(C)nn2-c2ccccc2)cc1. The zero-order valence-corrected chi connectivity index (χ0v) is 22.3. The minimum absolute atomic E-state index is 0.297. The predicted molar refractivity (Wildman–Crippen MR) is 150 cm³/mol. The Balaban J connectivity index is 1.34. The number of hydrogen-bond donors (Lipinski definition) is 1. The van der Waals surface area contributed by atoms with Crippen molar-refractivity contribution < 1.29 is 14.6 Å². The van der Waals surface area contributed by atoms with E-state index in [0.29, 0.717) is 38.1 Å². The molecule has 1 aromatic heterocycles. The van der Waals surface area contributed by atoms with Gasteiger partial charge in [0.1, 0.15) is 5.75 Å². The molecule has 1 atom stereocenters. The molecule has 0 aliphatic heterocycles. The Morgan fingerprint density at radius 1 is 0.947 bits per heavy atom. The second kappa shape index (κ2) is 12.4. The normalized spacial score (nSPS) is 14.1. The lowest BCUT2D eigenvalue weighted by Gasteiger charge is -2.25. The molecule has 1 aliphatic carbocycles. The van der Waals surface area contributed by atoms with E-state index in [-0.39, 0.29) is 0 Å². The van der Waals surface area contributed by atoms with E-state index in [1.165, 1.54) is 18.4 Å². The van der Waals surface area contributed by atoms with E-state index in [1.807, 2.05) is 84.4 Å². The molecule has 0 saturated heterocycles. The molecule has 6 nitrogen and oxygen atoms in total. The highest BCUT2D eigenvalue weighted by atomic mass is 16.5. The number of hydrogen-bond acceptors (Lipinski definition) is 5. The van der Waals surface area contributed by atoms with E-state index >= 15 is 0 Å². The van der Waals surface area contributed by atoms with Gasteiger partial charge >= 0.3 is 0 Å². The molecule has 1 fully saturated rings. The Hall–Kier alpha value is -3.45. The predicted octanol–water partition coefficient (Wildman–Crippen LogP) is 6.07. The average molecular weight is 512 g/mol. The molecule has 1 saturated carbocycles. The van der Waals surface area contributed by atoms with Crippen LogP contribution in [0.15, 0.2) is 84.9 Å². The minimum Gasteiger partial charge on any atom is -0.439 e. The second-order valence-corrected chi connectivity index (χ2v) is 10.3. The molecule has 198 valence electrons. The lowest BCUT2D eigenvalue weighted by molar-refractivity contribution is 0.00769. The fourth-order valence-electron chi connectivity index (χ4n) is 4.62. The van der Waals surface area contributed by atoms with E-state index < -0.39 is 6.10 Å². The zero-order valence-electron chi connectivity index (χ0n) is 22.3. The number of ether oxygens (including phenoxy) is 2. The summed E-state index contributed by atoms with van der Waals surface area (Å²) in [5.74, 6) is 2.17. The smallest absolute Gasteiger partial charge is 0.227 e. The molecule has 1 unspecified atom stereocenters. The number of aromatic nitrogens is 2. The van der Waals surface area contributed by atoms with Crippen molar-refractivity contribution in [1.29, 1.82) is 0 Å². The molecular formula is C32H37N3O3. The third-order valence-corrected chi connectivity index (χ3v) is 6.86. The highest BCUT2D eigenvalue weighted by Gasteiger charge is 2.28. The molecule has 1 heterocycles. The van der Waals surface area contributed by atoms with Crippen LogP contribution in [0.2, 0.25) is 0 Å². The first-order valence-corrected chi connectivity index (χ1v) is 13.5. The van der Waals surface area contributed by atoms with E-state index in [9.17, 15) is 5.11 Å². The molecular weight excluding hydrogens is 474 g/mol. The largest absolute Gasteiger partial charge is 0.439 e. The standard InChI is InChI=1S/C32H37N3O3/c1-24-13-17-30(18-14-24)38-32-31(25(2)33-35(32)28-11-7-4-8-12-28)21-34(19-26-15-16-26)20-29(36)23-37-22-27-9-5-3-6-10-27/h3-14,17-18,26,29,36H,15-16,19-23H2,1-2H3. The summed E-state index contributed by atoms with van der Waals surface area (Å²) >= 11 is 0. The van der Waals surface area contributed by atoms with Crippen LogP contribution in [-0.2, 0) is 17.9 Å². The molecule has 0 amide bonds. The average Bonchev–Trinajstić information content (AvgIpc) is 3.70. The van der Waals surface area contributed by atoms with Gasteiger partial charge in [-0.05, 0) is 62.4 Å². The van der Waals surface area contributed by atoms with Gasteiger partial charge < -0.3 is 14.6 Å². The highest BCUT2D eigenvalue weighted by Crippen LogP contribution is 2.34. The minimum atomic E-state index is -0.580. The lowest BCUT2D eigenvalue weighted by atomic mass is 10.2. The van der Waals surface area contributed by atoms with Gasteiger partial charge in [0.25, 0.3) is 0 Å². The zero-order chi connectivity index (χ0) is 26.3. The second-order valence-electron chi connectivity index (χ2n) is 10.3. The van der Waals surface area contributed by atoms with Gasteiger partial charge in [0.15, 0.2) is 0 Å². The van der Waals surface area contributed by atoms with Crippen molar-refractivity contribution in [2.24, 2.45) is 5.92 Å². The molecule has 3 aromatic carbocycles. The Morgan fingerprint density at radius 2 is 1.63 bits per heavy atom. The molecule has 6 heteroatoms. The van der Waals surface area contributed by atoms with Gasteiger partial charge in [0.05, 0.1) is 36.3 Å². The fraction of sp³-hybridized carbons (Fsp3) is 0.344. The highest BCUT2D eigenvalue weighted by molar-refractivity contribution is 5.43. The van der Waals surface area contributed by atoms with Crippen molar-refractivity contribution in [2.75, 3.05) is 19.7 Å². The Bertz CT molecular complexity index is 1290. The quantitative estimate of drug-likeness (QED) is 0.236. The van der Waals surface area contributed by atoms with Crippen LogP contribution in [-0.4, -0.2) is 45.6 Å². The summed E-state index contributed by atoms with van der Waals surface area (Å²) in [4.78, 5) is 2.33. The van der Waals surface area contributed by atoms with Crippen LogP contribution in [0.25, 0.3) is 5.69 Å². The molecule has 0 bridgehead atoms. The maximum absolute atomic E-state index is 10.9. The van der Waals surface area contributed by atoms with Gasteiger partial charge in [-0.15, -0.1) is 0 Å². The molecule has 1 N–H and O–H groups in total. The van der Waals surface area contributed by atoms with Gasteiger partial charge in [-0.25, -0.2) is 4.68 Å². The molecule has 5 rings (SSSR count). The Morgan fingerprint density at radius 3 is 2.32 bits per heavy atom. The number of para-hydroxylation sites is 1. The maximum atomic E-state index is 10.9. The first-order chi connectivity index (χ1) is 18.5. The van der Waals surface area contributed by atoms with E-state index in [2.05, 4.69) is 24.0 Å². The summed E-state index contributed by atoms with van der Waals surface area (Å²) < 4.78 is 14.2. The van der Waals surface area contributed by atoms with Crippen molar-refractivity contribution in [2.45, 2.75) is 45.9 Å². The van der Waals surface area contributed by atoms with Crippen molar-refractivity contribution in [3.05, 3.63) is 107 Å². The van der Waals surface area contributed by atoms with E-state index in [4.69, 9.17) is 14.6 Å². The van der Waals surface area contributed by atoms with Crippen molar-refractivity contribution >= 4 is 0 Å². The van der Waals surface area contributed by atoms with E-state index in [0.717, 1.165) is 34.8 Å². The van der Waals surface area contributed by atoms with Crippen molar-refractivity contribution in [3.63, 3.8) is 0 Å². The molecule has 1 aliphatic rings. The number of aryl methyl sites for hydroxylation is 2. The topological polar surface area (TPSA) is 59.8 Å². The number of nitrogens with zero attached hydrogens (tertiary/aromatic N) is 3. The van der Waals surface area contributed by atoms with Crippen LogP contribution in [0.3, 0.4) is 0 Å². The summed E-state index contributed by atoms with van der Waals surface area (Å²) in [7, 11) is 0. The van der Waals surface area contributed by atoms with Crippen LogP contribution < -0.4 is 4.74 Å². The summed E-state index contributed by atoms with van der Waals surface area (Å²) in [5.41, 5.74) is 5.20.